The fourth-order valence-electron chi connectivity index (χ4n) is 2.04. The van der Waals surface area contributed by atoms with Gasteiger partial charge in [-0.2, -0.15) is 0 Å². The van der Waals surface area contributed by atoms with Gasteiger partial charge in [-0.25, -0.2) is 0 Å². The van der Waals surface area contributed by atoms with Crippen LogP contribution in [-0.4, -0.2) is 0 Å². The third-order valence-corrected chi connectivity index (χ3v) is 3.50. The first-order chi connectivity index (χ1) is 7.61. The smallest absolute Gasteiger partial charge is 0.0444 e. The first-order valence-electron chi connectivity index (χ1n) is 5.43. The fraction of sp³-hybridized carbons (Fsp3) is 0.200. The average molecular weight is 231 g/mol. The Hall–Kier alpha value is -1.27. The standard InChI is InChI=1S/C15H15Cl/c1-10-9-14(16)12(3)15(11(10)2)13-7-5-4-6-8-13/h4-9H,1-3H3. The van der Waals surface area contributed by atoms with Crippen molar-refractivity contribution in [1.29, 1.82) is 0 Å². The molecular formula is C15H15Cl. The van der Waals surface area contributed by atoms with E-state index in [1.54, 1.807) is 0 Å². The van der Waals surface area contributed by atoms with Gasteiger partial charge in [-0.3, -0.25) is 0 Å². The maximum Gasteiger partial charge on any atom is 0.0444 e. The van der Waals surface area contributed by atoms with Crippen molar-refractivity contribution in [2.45, 2.75) is 20.8 Å². The number of hydrogen-bond donors (Lipinski definition) is 0. The second kappa shape index (κ2) is 4.31. The number of rotatable bonds is 1. The Bertz CT molecular complexity index is 486. The molecule has 0 aromatic heterocycles. The van der Waals surface area contributed by atoms with Crippen molar-refractivity contribution >= 4 is 11.6 Å². The van der Waals surface area contributed by atoms with Crippen molar-refractivity contribution in [3.63, 3.8) is 0 Å². The molecule has 2 rings (SSSR count). The van der Waals surface area contributed by atoms with E-state index in [4.69, 9.17) is 11.6 Å². The summed E-state index contributed by atoms with van der Waals surface area (Å²) in [6.07, 6.45) is 0. The number of benzene rings is 2. The highest BCUT2D eigenvalue weighted by atomic mass is 35.5. The molecule has 0 radical (unpaired) electrons. The summed E-state index contributed by atoms with van der Waals surface area (Å²) in [6.45, 7) is 6.34. The zero-order chi connectivity index (χ0) is 11.7. The minimum atomic E-state index is 0.849. The van der Waals surface area contributed by atoms with E-state index < -0.39 is 0 Å². The first-order valence-corrected chi connectivity index (χ1v) is 5.80. The summed E-state index contributed by atoms with van der Waals surface area (Å²) in [7, 11) is 0. The molecule has 16 heavy (non-hydrogen) atoms. The normalized spacial score (nSPS) is 10.5. The molecular weight excluding hydrogens is 216 g/mol. The van der Waals surface area contributed by atoms with Gasteiger partial charge in [0.1, 0.15) is 0 Å². The van der Waals surface area contributed by atoms with Gasteiger partial charge in [-0.1, -0.05) is 41.9 Å². The van der Waals surface area contributed by atoms with E-state index in [2.05, 4.69) is 45.0 Å². The molecule has 0 N–H and O–H groups in total. The van der Waals surface area contributed by atoms with Crippen molar-refractivity contribution < 1.29 is 0 Å². The maximum absolute atomic E-state index is 6.24. The summed E-state index contributed by atoms with van der Waals surface area (Å²) in [5.74, 6) is 0. The molecule has 2 aromatic carbocycles. The molecule has 0 saturated heterocycles. The molecule has 0 heterocycles. The van der Waals surface area contributed by atoms with Crippen LogP contribution in [0.3, 0.4) is 0 Å². The Labute approximate surface area is 102 Å². The van der Waals surface area contributed by atoms with Crippen LogP contribution >= 0.6 is 11.6 Å². The molecule has 0 spiro atoms. The quantitative estimate of drug-likeness (QED) is 0.652. The largest absolute Gasteiger partial charge is 0.0840 e. The Morgan fingerprint density at radius 3 is 2.12 bits per heavy atom. The molecule has 0 unspecified atom stereocenters. The molecule has 0 fully saturated rings. The SMILES string of the molecule is Cc1cc(Cl)c(C)c(-c2ccccc2)c1C. The van der Waals surface area contributed by atoms with Crippen LogP contribution in [0.25, 0.3) is 11.1 Å². The van der Waals surface area contributed by atoms with Crippen molar-refractivity contribution in [3.8, 4) is 11.1 Å². The summed E-state index contributed by atoms with van der Waals surface area (Å²) in [5, 5.41) is 0.849. The van der Waals surface area contributed by atoms with Gasteiger partial charge in [-0.15, -0.1) is 0 Å². The van der Waals surface area contributed by atoms with E-state index in [0.29, 0.717) is 0 Å². The predicted octanol–water partition coefficient (Wildman–Crippen LogP) is 4.93. The Balaban J connectivity index is 2.74. The number of halogens is 1. The van der Waals surface area contributed by atoms with Crippen molar-refractivity contribution in [1.82, 2.24) is 0 Å². The summed E-state index contributed by atoms with van der Waals surface area (Å²) in [6, 6.07) is 12.5. The second-order valence-corrected chi connectivity index (χ2v) is 4.57. The maximum atomic E-state index is 6.24. The Morgan fingerprint density at radius 1 is 0.875 bits per heavy atom. The third-order valence-electron chi connectivity index (χ3n) is 3.11. The van der Waals surface area contributed by atoms with Crippen LogP contribution in [0.1, 0.15) is 16.7 Å². The third kappa shape index (κ3) is 1.85. The van der Waals surface area contributed by atoms with E-state index in [1.807, 2.05) is 12.1 Å². The van der Waals surface area contributed by atoms with E-state index in [-0.39, 0.29) is 0 Å². The van der Waals surface area contributed by atoms with Crippen LogP contribution in [0, 0.1) is 20.8 Å². The number of hydrogen-bond acceptors (Lipinski definition) is 0. The van der Waals surface area contributed by atoms with Crippen LogP contribution in [0.4, 0.5) is 0 Å². The van der Waals surface area contributed by atoms with Gasteiger partial charge < -0.3 is 0 Å². The lowest BCUT2D eigenvalue weighted by Crippen LogP contribution is -1.92. The summed E-state index contributed by atoms with van der Waals surface area (Å²) >= 11 is 6.24. The van der Waals surface area contributed by atoms with Crippen molar-refractivity contribution in [2.75, 3.05) is 0 Å². The van der Waals surface area contributed by atoms with E-state index >= 15 is 0 Å². The van der Waals surface area contributed by atoms with Crippen LogP contribution in [0.2, 0.25) is 5.02 Å². The van der Waals surface area contributed by atoms with Gasteiger partial charge in [0.25, 0.3) is 0 Å². The highest BCUT2D eigenvalue weighted by Gasteiger charge is 2.10. The van der Waals surface area contributed by atoms with E-state index in [1.165, 1.54) is 22.3 Å². The summed E-state index contributed by atoms with van der Waals surface area (Å²) in [5.41, 5.74) is 6.23. The van der Waals surface area contributed by atoms with Crippen LogP contribution in [-0.2, 0) is 0 Å². The zero-order valence-electron chi connectivity index (χ0n) is 9.84. The molecule has 0 saturated carbocycles. The van der Waals surface area contributed by atoms with Gasteiger partial charge in [-0.05, 0) is 54.7 Å². The Kier molecular flexibility index (Phi) is 3.02. The molecule has 1 heteroatoms. The minimum absolute atomic E-state index is 0.849. The van der Waals surface area contributed by atoms with E-state index in [0.717, 1.165) is 10.6 Å². The zero-order valence-corrected chi connectivity index (χ0v) is 10.6. The van der Waals surface area contributed by atoms with Crippen LogP contribution < -0.4 is 0 Å². The van der Waals surface area contributed by atoms with Gasteiger partial charge in [0, 0.05) is 5.02 Å². The lowest BCUT2D eigenvalue weighted by atomic mass is 9.93. The molecule has 0 aliphatic carbocycles. The second-order valence-electron chi connectivity index (χ2n) is 4.17. The van der Waals surface area contributed by atoms with Crippen molar-refractivity contribution in [2.24, 2.45) is 0 Å². The summed E-state index contributed by atoms with van der Waals surface area (Å²) in [4.78, 5) is 0. The van der Waals surface area contributed by atoms with E-state index in [9.17, 15) is 0 Å². The van der Waals surface area contributed by atoms with Gasteiger partial charge in [0.05, 0.1) is 0 Å². The molecule has 0 aliphatic rings. The number of aryl methyl sites for hydroxylation is 1. The highest BCUT2D eigenvalue weighted by Crippen LogP contribution is 2.33. The highest BCUT2D eigenvalue weighted by molar-refractivity contribution is 6.31. The summed E-state index contributed by atoms with van der Waals surface area (Å²) < 4.78 is 0. The predicted molar refractivity (Wildman–Crippen MR) is 71.1 cm³/mol. The lowest BCUT2D eigenvalue weighted by Gasteiger charge is -2.14. The molecule has 0 amide bonds. The van der Waals surface area contributed by atoms with Crippen molar-refractivity contribution in [3.05, 3.63) is 58.1 Å². The fourth-order valence-corrected chi connectivity index (χ4v) is 2.30. The van der Waals surface area contributed by atoms with Gasteiger partial charge in [0.15, 0.2) is 0 Å². The monoisotopic (exact) mass is 230 g/mol. The molecule has 0 atom stereocenters. The van der Waals surface area contributed by atoms with Gasteiger partial charge >= 0.3 is 0 Å². The topological polar surface area (TPSA) is 0 Å². The molecule has 0 aliphatic heterocycles. The van der Waals surface area contributed by atoms with Crippen LogP contribution in [0.5, 0.6) is 0 Å². The minimum Gasteiger partial charge on any atom is -0.0840 e. The first kappa shape index (κ1) is 11.2. The molecule has 82 valence electrons. The van der Waals surface area contributed by atoms with Crippen LogP contribution in [0.15, 0.2) is 36.4 Å². The molecule has 2 aromatic rings. The Morgan fingerprint density at radius 2 is 1.50 bits per heavy atom. The molecule has 0 nitrogen and oxygen atoms in total. The lowest BCUT2D eigenvalue weighted by molar-refractivity contribution is 1.30. The van der Waals surface area contributed by atoms with Gasteiger partial charge in [0.2, 0.25) is 0 Å². The average Bonchev–Trinajstić information content (AvgIpc) is 2.28. The molecule has 0 bridgehead atoms.